The number of pyridine rings is 2. The number of carbonyl (C=O) groups is 1. The number of anilines is 2. The molecular weight excluding hydrogens is 442 g/mol. The summed E-state index contributed by atoms with van der Waals surface area (Å²) >= 11 is 1.43. The first-order chi connectivity index (χ1) is 15.4. The van der Waals surface area contributed by atoms with Gasteiger partial charge in [0.25, 0.3) is 6.43 Å². The number of urea groups is 1. The molecule has 0 aliphatic carbocycles. The quantitative estimate of drug-likeness (QED) is 0.441. The zero-order chi connectivity index (χ0) is 22.8. The van der Waals surface area contributed by atoms with Gasteiger partial charge in [-0.25, -0.2) is 28.5 Å². The second-order valence-corrected chi connectivity index (χ2v) is 7.87. The number of aryl methyl sites for hydroxylation is 1. The van der Waals surface area contributed by atoms with Gasteiger partial charge in [-0.05, 0) is 19.9 Å². The Morgan fingerprint density at radius 3 is 2.62 bits per heavy atom. The second kappa shape index (κ2) is 8.88. The Balaban J connectivity index is 1.60. The molecule has 0 aromatic carbocycles. The fraction of sp³-hybridized carbons (Fsp3) is 0.263. The number of hydrogen-bond donors (Lipinski definition) is 2. The molecule has 0 spiro atoms. The summed E-state index contributed by atoms with van der Waals surface area (Å²) in [6.07, 6.45) is 2.24. The molecule has 0 aliphatic rings. The van der Waals surface area contributed by atoms with Crippen LogP contribution in [0.5, 0.6) is 0 Å². The van der Waals surface area contributed by atoms with Crippen LogP contribution in [0, 0.1) is 6.92 Å². The van der Waals surface area contributed by atoms with E-state index in [-0.39, 0.29) is 17.6 Å². The maximum Gasteiger partial charge on any atom is 0.323 e. The first-order valence-electron chi connectivity index (χ1n) is 9.39. The molecule has 4 aromatic rings. The minimum Gasteiger partial charge on any atom is -0.377 e. The largest absolute Gasteiger partial charge is 0.377 e. The van der Waals surface area contributed by atoms with Crippen LogP contribution in [0.3, 0.4) is 0 Å². The van der Waals surface area contributed by atoms with Crippen molar-refractivity contribution in [1.29, 1.82) is 0 Å². The average molecular weight is 460 g/mol. The van der Waals surface area contributed by atoms with Crippen molar-refractivity contribution in [2.45, 2.75) is 26.4 Å². The van der Waals surface area contributed by atoms with Crippen molar-refractivity contribution in [3.8, 4) is 5.82 Å². The Bertz CT molecular complexity index is 1260. The molecule has 13 heteroatoms. The Kier molecular flexibility index (Phi) is 6.01. The van der Waals surface area contributed by atoms with Gasteiger partial charge in [-0.3, -0.25) is 0 Å². The van der Waals surface area contributed by atoms with Crippen molar-refractivity contribution in [2.24, 2.45) is 0 Å². The Morgan fingerprint density at radius 1 is 1.19 bits per heavy atom. The van der Waals surface area contributed by atoms with Gasteiger partial charge in [0, 0.05) is 12.7 Å². The first kappa shape index (κ1) is 21.6. The van der Waals surface area contributed by atoms with Crippen LogP contribution >= 0.6 is 11.3 Å². The molecule has 0 aliphatic heterocycles. The summed E-state index contributed by atoms with van der Waals surface area (Å²) in [6, 6.07) is 0.467. The van der Waals surface area contributed by atoms with Gasteiger partial charge in [0.15, 0.2) is 5.82 Å². The molecule has 1 atom stereocenters. The Labute approximate surface area is 184 Å². The lowest BCUT2D eigenvalue weighted by atomic mass is 10.1. The highest BCUT2D eigenvalue weighted by Gasteiger charge is 2.21. The lowest BCUT2D eigenvalue weighted by molar-refractivity contribution is 0.121. The average Bonchev–Trinajstić information content (AvgIpc) is 3.42. The first-order valence-corrected chi connectivity index (χ1v) is 10.2. The van der Waals surface area contributed by atoms with Crippen LogP contribution in [0.1, 0.15) is 35.6 Å². The van der Waals surface area contributed by atoms with E-state index in [1.165, 1.54) is 36.1 Å². The van der Waals surface area contributed by atoms with Crippen LogP contribution in [-0.4, -0.2) is 43.1 Å². The van der Waals surface area contributed by atoms with Crippen molar-refractivity contribution in [3.05, 3.63) is 47.0 Å². The minimum absolute atomic E-state index is 0.0774. The summed E-state index contributed by atoms with van der Waals surface area (Å²) in [7, 11) is 1.55. The zero-order valence-electron chi connectivity index (χ0n) is 17.2. The summed E-state index contributed by atoms with van der Waals surface area (Å²) in [5.41, 5.74) is 1.36. The van der Waals surface area contributed by atoms with Gasteiger partial charge in [0.2, 0.25) is 0 Å². The van der Waals surface area contributed by atoms with Gasteiger partial charge >= 0.3 is 6.03 Å². The summed E-state index contributed by atoms with van der Waals surface area (Å²) in [4.78, 5) is 27.2. The van der Waals surface area contributed by atoms with Crippen LogP contribution in [0.15, 0.2) is 30.9 Å². The van der Waals surface area contributed by atoms with Crippen molar-refractivity contribution >= 4 is 39.1 Å². The second-order valence-electron chi connectivity index (χ2n) is 6.69. The predicted octanol–water partition coefficient (Wildman–Crippen LogP) is 4.26. The number of amides is 2. The molecule has 4 rings (SSSR count). The lowest BCUT2D eigenvalue weighted by Crippen LogP contribution is -2.21. The third-order valence-electron chi connectivity index (χ3n) is 4.58. The number of nitrogens with zero attached hydrogens (tertiary/aromatic N) is 6. The van der Waals surface area contributed by atoms with Crippen molar-refractivity contribution in [1.82, 2.24) is 29.9 Å². The monoisotopic (exact) mass is 460 g/mol. The van der Waals surface area contributed by atoms with E-state index in [0.717, 1.165) is 20.7 Å². The molecule has 166 valence electrons. The zero-order valence-corrected chi connectivity index (χ0v) is 18.0. The number of nitrogens with one attached hydrogen (secondary N) is 2. The van der Waals surface area contributed by atoms with Crippen LogP contribution < -0.4 is 10.6 Å². The van der Waals surface area contributed by atoms with Gasteiger partial charge in [-0.15, -0.1) is 4.80 Å². The highest BCUT2D eigenvalue weighted by Crippen LogP contribution is 2.34. The SMILES string of the molecule is CO[C@H](C)c1c(NC(=O)Nc2cnc(-n3nccn3)c(C(F)F)c2)cnc2sc(C)nc12. The predicted molar refractivity (Wildman–Crippen MR) is 114 cm³/mol. The van der Waals surface area contributed by atoms with E-state index in [9.17, 15) is 13.6 Å². The summed E-state index contributed by atoms with van der Waals surface area (Å²) in [6.45, 7) is 3.69. The van der Waals surface area contributed by atoms with Crippen molar-refractivity contribution in [3.63, 3.8) is 0 Å². The molecule has 32 heavy (non-hydrogen) atoms. The lowest BCUT2D eigenvalue weighted by Gasteiger charge is -2.16. The van der Waals surface area contributed by atoms with E-state index in [1.807, 2.05) is 13.8 Å². The number of methoxy groups -OCH3 is 1. The Hall–Kier alpha value is -3.58. The molecule has 4 heterocycles. The minimum atomic E-state index is -2.85. The molecule has 0 radical (unpaired) electrons. The number of halogens is 2. The number of rotatable bonds is 6. The van der Waals surface area contributed by atoms with Gasteiger partial charge in [-0.2, -0.15) is 10.2 Å². The number of alkyl halides is 2. The van der Waals surface area contributed by atoms with Gasteiger partial charge < -0.3 is 15.4 Å². The molecule has 0 unspecified atom stereocenters. The van der Waals surface area contributed by atoms with Crippen LogP contribution in [0.25, 0.3) is 16.2 Å². The summed E-state index contributed by atoms with van der Waals surface area (Å²) in [5, 5.41) is 13.7. The number of aromatic nitrogens is 6. The van der Waals surface area contributed by atoms with E-state index in [4.69, 9.17) is 4.74 Å². The fourth-order valence-electron chi connectivity index (χ4n) is 3.11. The molecule has 2 amide bonds. The van der Waals surface area contributed by atoms with Gasteiger partial charge in [-0.1, -0.05) is 11.3 Å². The third-order valence-corrected chi connectivity index (χ3v) is 5.46. The molecule has 0 saturated carbocycles. The molecule has 0 fully saturated rings. The van der Waals surface area contributed by atoms with Gasteiger partial charge in [0.05, 0.1) is 52.8 Å². The number of carbonyl (C=O) groups excluding carboxylic acids is 1. The molecule has 10 nitrogen and oxygen atoms in total. The molecule has 0 saturated heterocycles. The number of ether oxygens (including phenoxy) is 1. The van der Waals surface area contributed by atoms with E-state index < -0.39 is 18.0 Å². The Morgan fingerprint density at radius 2 is 1.94 bits per heavy atom. The molecule has 2 N–H and O–H groups in total. The molecule has 4 aromatic heterocycles. The maximum atomic E-state index is 13.5. The highest BCUT2D eigenvalue weighted by molar-refractivity contribution is 7.18. The third kappa shape index (κ3) is 4.24. The number of hydrogen-bond acceptors (Lipinski definition) is 8. The van der Waals surface area contributed by atoms with E-state index >= 15 is 0 Å². The van der Waals surface area contributed by atoms with Crippen LogP contribution in [0.2, 0.25) is 0 Å². The van der Waals surface area contributed by atoms with Gasteiger partial charge in [0.1, 0.15) is 10.3 Å². The van der Waals surface area contributed by atoms with Crippen molar-refractivity contribution in [2.75, 3.05) is 17.7 Å². The summed E-state index contributed by atoms with van der Waals surface area (Å²) in [5.74, 6) is -0.124. The number of thiazole rings is 1. The van der Waals surface area contributed by atoms with E-state index in [2.05, 4.69) is 35.8 Å². The van der Waals surface area contributed by atoms with Crippen LogP contribution in [0.4, 0.5) is 25.0 Å². The molecule has 0 bridgehead atoms. The smallest absolute Gasteiger partial charge is 0.323 e. The molecular formula is C19H18F2N8O2S. The topological polar surface area (TPSA) is 120 Å². The summed E-state index contributed by atoms with van der Waals surface area (Å²) < 4.78 is 32.5. The highest BCUT2D eigenvalue weighted by atomic mass is 32.1. The standard InChI is InChI=1S/C19H18F2N8O2S/c1-9(31-3)14-13(8-23-18-15(14)26-10(2)32-18)28-19(30)27-11-6-12(16(20)21)17(22-7-11)29-24-4-5-25-29/h4-9,16H,1-3H3,(H2,27,28,30)/t9-/m1/s1. The normalized spacial score (nSPS) is 12.3. The van der Waals surface area contributed by atoms with E-state index in [1.54, 1.807) is 7.11 Å². The van der Waals surface area contributed by atoms with E-state index in [0.29, 0.717) is 16.8 Å². The van der Waals surface area contributed by atoms with Crippen molar-refractivity contribution < 1.29 is 18.3 Å². The maximum absolute atomic E-state index is 13.5. The fourth-order valence-corrected chi connectivity index (χ4v) is 3.88. The van der Waals surface area contributed by atoms with Crippen LogP contribution in [-0.2, 0) is 4.74 Å². The number of fused-ring (bicyclic) bond motifs is 1.